The Morgan fingerprint density at radius 2 is 1.63 bits per heavy atom. The van der Waals surface area contributed by atoms with Crippen LogP contribution in [0, 0.1) is 11.8 Å². The van der Waals surface area contributed by atoms with Crippen molar-refractivity contribution in [1.29, 1.82) is 0 Å². The molecule has 2 atom stereocenters. The van der Waals surface area contributed by atoms with Crippen molar-refractivity contribution in [3.63, 3.8) is 0 Å². The van der Waals surface area contributed by atoms with Gasteiger partial charge in [-0.2, -0.15) is 8.78 Å². The van der Waals surface area contributed by atoms with Crippen LogP contribution in [0.1, 0.15) is 43.2 Å². The summed E-state index contributed by atoms with van der Waals surface area (Å²) in [5, 5.41) is 13.6. The molecule has 0 radical (unpaired) electrons. The molecule has 2 aromatic carbocycles. The van der Waals surface area contributed by atoms with E-state index in [4.69, 9.17) is 9.84 Å². The lowest BCUT2D eigenvalue weighted by atomic mass is 9.98. The van der Waals surface area contributed by atoms with Crippen LogP contribution in [0.3, 0.4) is 0 Å². The second-order valence-electron chi connectivity index (χ2n) is 9.33. The monoisotopic (exact) mass is 486 g/mol. The number of hydrogen-bond donors (Lipinski definition) is 3. The van der Waals surface area contributed by atoms with Crippen molar-refractivity contribution in [2.75, 3.05) is 13.2 Å². The smallest absolute Gasteiger partial charge is 0.407 e. The Labute approximate surface area is 201 Å². The standard InChI is InChI=1S/C26H28F2N2O5/c1-15(12-22(31)30-23(16-10-11-16)26(27,28)24(32)33)13-29-25(34)35-14-21-19-8-4-2-6-17(19)18-7-3-5-9-20(18)21/h2-9,15-16,21,23H,10-14H2,1H3,(H,29,34)(H,30,31)(H,32,33). The largest absolute Gasteiger partial charge is 0.477 e. The number of nitrogens with one attached hydrogen (secondary N) is 2. The van der Waals surface area contributed by atoms with Gasteiger partial charge in [0.1, 0.15) is 12.6 Å². The van der Waals surface area contributed by atoms with Crippen LogP contribution in [-0.2, 0) is 14.3 Å². The first-order valence-electron chi connectivity index (χ1n) is 11.7. The van der Waals surface area contributed by atoms with Crippen molar-refractivity contribution in [3.05, 3.63) is 59.7 Å². The van der Waals surface area contributed by atoms with Crippen LogP contribution in [0.2, 0.25) is 0 Å². The van der Waals surface area contributed by atoms with Crippen LogP contribution >= 0.6 is 0 Å². The number of carbonyl (C=O) groups is 3. The van der Waals surface area contributed by atoms with Gasteiger partial charge in [-0.05, 0) is 46.9 Å². The van der Waals surface area contributed by atoms with E-state index in [0.29, 0.717) is 12.8 Å². The molecule has 4 rings (SSSR count). The number of alkyl carbamates (subject to hydrolysis) is 1. The fourth-order valence-electron chi connectivity index (χ4n) is 4.60. The van der Waals surface area contributed by atoms with E-state index in [1.165, 1.54) is 0 Å². The Bertz CT molecular complexity index is 1070. The van der Waals surface area contributed by atoms with Crippen LogP contribution < -0.4 is 10.6 Å². The van der Waals surface area contributed by atoms with Gasteiger partial charge in [-0.15, -0.1) is 0 Å². The van der Waals surface area contributed by atoms with Gasteiger partial charge in [0.25, 0.3) is 0 Å². The molecule has 0 bridgehead atoms. The molecule has 2 amide bonds. The minimum atomic E-state index is -4.03. The minimum absolute atomic E-state index is 0.0772. The number of carboxylic acid groups (broad SMARTS) is 1. The van der Waals surface area contributed by atoms with E-state index in [-0.39, 0.29) is 31.4 Å². The average molecular weight is 487 g/mol. The number of rotatable bonds is 10. The second kappa shape index (κ2) is 10.0. The number of carboxylic acids is 1. The molecule has 2 aliphatic rings. The molecule has 2 aliphatic carbocycles. The maximum Gasteiger partial charge on any atom is 0.407 e. The van der Waals surface area contributed by atoms with Crippen molar-refractivity contribution in [3.8, 4) is 11.1 Å². The van der Waals surface area contributed by atoms with Gasteiger partial charge < -0.3 is 20.5 Å². The zero-order chi connectivity index (χ0) is 25.2. The molecular formula is C26H28F2N2O5. The van der Waals surface area contributed by atoms with Crippen LogP contribution in [0.15, 0.2) is 48.5 Å². The summed E-state index contributed by atoms with van der Waals surface area (Å²) in [6.45, 7) is 1.94. The molecule has 9 heteroatoms. The van der Waals surface area contributed by atoms with E-state index in [1.54, 1.807) is 6.92 Å². The van der Waals surface area contributed by atoms with Crippen LogP contribution in [-0.4, -0.2) is 48.2 Å². The summed E-state index contributed by atoms with van der Waals surface area (Å²) < 4.78 is 33.4. The zero-order valence-corrected chi connectivity index (χ0v) is 19.3. The zero-order valence-electron chi connectivity index (χ0n) is 19.3. The molecule has 7 nitrogen and oxygen atoms in total. The predicted octanol–water partition coefficient (Wildman–Crippen LogP) is 4.17. The van der Waals surface area contributed by atoms with Gasteiger partial charge >= 0.3 is 18.0 Å². The molecule has 2 aromatic rings. The van der Waals surface area contributed by atoms with Gasteiger partial charge in [0.15, 0.2) is 0 Å². The van der Waals surface area contributed by atoms with E-state index < -0.39 is 35.9 Å². The number of ether oxygens (including phenoxy) is 1. The Morgan fingerprint density at radius 1 is 1.06 bits per heavy atom. The highest BCUT2D eigenvalue weighted by atomic mass is 19.3. The van der Waals surface area contributed by atoms with E-state index in [0.717, 1.165) is 22.3 Å². The highest BCUT2D eigenvalue weighted by Gasteiger charge is 2.54. The van der Waals surface area contributed by atoms with Gasteiger partial charge in [0.05, 0.1) is 0 Å². The van der Waals surface area contributed by atoms with Crippen LogP contribution in [0.5, 0.6) is 0 Å². The first-order valence-corrected chi connectivity index (χ1v) is 11.7. The number of carbonyl (C=O) groups excluding carboxylic acids is 2. The Kier molecular flexibility index (Phi) is 7.05. The summed E-state index contributed by atoms with van der Waals surface area (Å²) in [6.07, 6.45) is 0.134. The number of halogens is 2. The summed E-state index contributed by atoms with van der Waals surface area (Å²) in [5.41, 5.74) is 4.43. The molecule has 186 valence electrons. The van der Waals surface area contributed by atoms with E-state index in [9.17, 15) is 23.2 Å². The van der Waals surface area contributed by atoms with Crippen molar-refractivity contribution >= 4 is 18.0 Å². The third-order valence-electron chi connectivity index (χ3n) is 6.56. The number of aliphatic carboxylic acids is 1. The van der Waals surface area contributed by atoms with E-state index in [1.807, 2.05) is 48.5 Å². The number of amides is 2. The Balaban J connectivity index is 1.25. The molecule has 0 heterocycles. The summed E-state index contributed by atoms with van der Waals surface area (Å²) in [4.78, 5) is 35.5. The molecule has 0 aromatic heterocycles. The minimum Gasteiger partial charge on any atom is -0.477 e. The number of benzene rings is 2. The van der Waals surface area contributed by atoms with Gasteiger partial charge in [-0.25, -0.2) is 9.59 Å². The topological polar surface area (TPSA) is 105 Å². The molecule has 0 aliphatic heterocycles. The molecule has 0 saturated heterocycles. The molecular weight excluding hydrogens is 458 g/mol. The lowest BCUT2D eigenvalue weighted by Crippen LogP contribution is -2.53. The molecule has 1 fully saturated rings. The van der Waals surface area contributed by atoms with Crippen LogP contribution in [0.4, 0.5) is 13.6 Å². The first-order chi connectivity index (χ1) is 16.7. The Morgan fingerprint density at radius 3 is 2.17 bits per heavy atom. The molecule has 0 spiro atoms. The third kappa shape index (κ3) is 5.44. The van der Waals surface area contributed by atoms with Gasteiger partial charge in [-0.3, -0.25) is 4.79 Å². The quantitative estimate of drug-likeness (QED) is 0.468. The summed E-state index contributed by atoms with van der Waals surface area (Å²) in [7, 11) is 0. The molecule has 2 unspecified atom stereocenters. The van der Waals surface area contributed by atoms with Gasteiger partial charge in [0, 0.05) is 18.9 Å². The fourth-order valence-corrected chi connectivity index (χ4v) is 4.60. The molecule has 3 N–H and O–H groups in total. The lowest BCUT2D eigenvalue weighted by molar-refractivity contribution is -0.171. The second-order valence-corrected chi connectivity index (χ2v) is 9.33. The summed E-state index contributed by atoms with van der Waals surface area (Å²) >= 11 is 0. The van der Waals surface area contributed by atoms with E-state index in [2.05, 4.69) is 10.6 Å². The highest BCUT2D eigenvalue weighted by molar-refractivity contribution is 5.81. The summed E-state index contributed by atoms with van der Waals surface area (Å²) in [5.74, 6) is -7.94. The highest BCUT2D eigenvalue weighted by Crippen LogP contribution is 2.44. The molecule has 35 heavy (non-hydrogen) atoms. The first kappa shape index (κ1) is 24.6. The van der Waals surface area contributed by atoms with Crippen molar-refractivity contribution in [2.24, 2.45) is 11.8 Å². The molecule has 1 saturated carbocycles. The maximum absolute atomic E-state index is 14.0. The fraction of sp³-hybridized carbons (Fsp3) is 0.423. The number of fused-ring (bicyclic) bond motifs is 3. The van der Waals surface area contributed by atoms with Gasteiger partial charge in [0.2, 0.25) is 5.91 Å². The third-order valence-corrected chi connectivity index (χ3v) is 6.56. The summed E-state index contributed by atoms with van der Waals surface area (Å²) in [6, 6.07) is 14.2. The predicted molar refractivity (Wildman–Crippen MR) is 124 cm³/mol. The van der Waals surface area contributed by atoms with E-state index >= 15 is 0 Å². The normalized spacial score (nSPS) is 16.5. The van der Waals surface area contributed by atoms with Crippen LogP contribution in [0.25, 0.3) is 11.1 Å². The average Bonchev–Trinajstić information content (AvgIpc) is 3.62. The van der Waals surface area contributed by atoms with Gasteiger partial charge in [-0.1, -0.05) is 55.5 Å². The van der Waals surface area contributed by atoms with Crippen molar-refractivity contribution in [2.45, 2.75) is 44.1 Å². The SMILES string of the molecule is CC(CNC(=O)OCC1c2ccccc2-c2ccccc21)CC(=O)NC(C1CC1)C(F)(F)C(=O)O. The Hall–Kier alpha value is -3.49. The number of hydrogen-bond acceptors (Lipinski definition) is 4. The van der Waals surface area contributed by atoms with Crippen molar-refractivity contribution in [1.82, 2.24) is 10.6 Å². The number of alkyl halides is 2. The van der Waals surface area contributed by atoms with Crippen molar-refractivity contribution < 1.29 is 33.0 Å². The lowest BCUT2D eigenvalue weighted by Gasteiger charge is -2.25. The maximum atomic E-state index is 14.0.